The monoisotopic (exact) mass is 789 g/mol. The normalized spacial score (nSPS) is 13.1. The Bertz CT molecular complexity index is 1230. The lowest BCUT2D eigenvalue weighted by Crippen LogP contribution is -2.30. The fourth-order valence-corrected chi connectivity index (χ4v) is 5.65. The second-order valence-corrected chi connectivity index (χ2v) is 14.4. The minimum absolute atomic E-state index is 0.109. The smallest absolute Gasteiger partial charge is 0.306 e. The van der Waals surface area contributed by atoms with E-state index < -0.39 is 6.10 Å². The van der Waals surface area contributed by atoms with Gasteiger partial charge >= 0.3 is 17.9 Å². The van der Waals surface area contributed by atoms with Crippen molar-refractivity contribution in [3.05, 3.63) is 109 Å². The fourth-order valence-electron chi connectivity index (χ4n) is 5.65. The Morgan fingerprint density at radius 2 is 0.684 bits per heavy atom. The average Bonchev–Trinajstić information content (AvgIpc) is 3.21. The van der Waals surface area contributed by atoms with E-state index in [2.05, 4.69) is 45.1 Å². The largest absolute Gasteiger partial charge is 0.462 e. The van der Waals surface area contributed by atoms with Crippen molar-refractivity contribution in [2.24, 2.45) is 0 Å². The van der Waals surface area contributed by atoms with E-state index in [4.69, 9.17) is 14.2 Å². The first-order chi connectivity index (χ1) is 28.0. The summed E-state index contributed by atoms with van der Waals surface area (Å²) in [6.45, 7) is 6.24. The number of hydrogen-bond acceptors (Lipinski definition) is 6. The lowest BCUT2D eigenvalue weighted by Gasteiger charge is -2.18. The van der Waals surface area contributed by atoms with E-state index in [1.807, 2.05) is 85.1 Å². The van der Waals surface area contributed by atoms with Crippen LogP contribution in [0.25, 0.3) is 0 Å². The molecule has 0 aromatic heterocycles. The summed E-state index contributed by atoms with van der Waals surface area (Å²) < 4.78 is 16.6. The Morgan fingerprint density at radius 1 is 0.368 bits per heavy atom. The number of hydrogen-bond donors (Lipinski definition) is 0. The van der Waals surface area contributed by atoms with Crippen LogP contribution in [0.2, 0.25) is 0 Å². The molecule has 57 heavy (non-hydrogen) atoms. The number of unbranched alkanes of at least 4 members (excludes halogenated alkanes) is 16. The van der Waals surface area contributed by atoms with E-state index in [1.165, 1.54) is 51.4 Å². The molecule has 1 atom stereocenters. The van der Waals surface area contributed by atoms with Gasteiger partial charge in [0.15, 0.2) is 6.10 Å². The van der Waals surface area contributed by atoms with Gasteiger partial charge in [0.1, 0.15) is 13.2 Å². The van der Waals surface area contributed by atoms with Crippen molar-refractivity contribution in [3.8, 4) is 0 Å². The van der Waals surface area contributed by atoms with Crippen molar-refractivity contribution in [1.82, 2.24) is 0 Å². The molecule has 0 amide bonds. The molecule has 0 aliphatic carbocycles. The Balaban J connectivity index is 4.56. The zero-order valence-electron chi connectivity index (χ0n) is 36.3. The van der Waals surface area contributed by atoms with Crippen molar-refractivity contribution in [3.63, 3.8) is 0 Å². The van der Waals surface area contributed by atoms with Crippen LogP contribution >= 0.6 is 0 Å². The lowest BCUT2D eigenvalue weighted by atomic mass is 10.1. The van der Waals surface area contributed by atoms with Gasteiger partial charge in [0.2, 0.25) is 0 Å². The molecular formula is C51H80O6. The molecule has 0 aromatic rings. The van der Waals surface area contributed by atoms with Crippen LogP contribution in [0.3, 0.4) is 0 Å². The molecule has 0 fully saturated rings. The van der Waals surface area contributed by atoms with Crippen LogP contribution in [0.15, 0.2) is 109 Å². The second kappa shape index (κ2) is 44.8. The van der Waals surface area contributed by atoms with Gasteiger partial charge in [0, 0.05) is 19.3 Å². The highest BCUT2D eigenvalue weighted by Crippen LogP contribution is 2.13. The molecule has 0 bridgehead atoms. The number of ether oxygens (including phenoxy) is 3. The maximum Gasteiger partial charge on any atom is 0.306 e. The summed E-state index contributed by atoms with van der Waals surface area (Å²) in [5, 5.41) is 0. The van der Waals surface area contributed by atoms with E-state index in [1.54, 1.807) is 0 Å². The highest BCUT2D eigenvalue weighted by molar-refractivity contribution is 5.71. The van der Waals surface area contributed by atoms with Gasteiger partial charge in [-0.3, -0.25) is 14.4 Å². The van der Waals surface area contributed by atoms with E-state index in [0.29, 0.717) is 19.3 Å². The number of esters is 3. The minimum atomic E-state index is -0.814. The highest BCUT2D eigenvalue weighted by Gasteiger charge is 2.19. The van der Waals surface area contributed by atoms with Crippen molar-refractivity contribution in [2.45, 2.75) is 181 Å². The fraction of sp³-hybridized carbons (Fsp3) is 0.588. The molecule has 0 spiro atoms. The van der Waals surface area contributed by atoms with Crippen LogP contribution in [0.4, 0.5) is 0 Å². The molecule has 0 N–H and O–H groups in total. The third kappa shape index (κ3) is 43.0. The SMILES string of the molecule is CC\C=C/C=C\C=C/C=C\C=C/CCCCCC(=O)OCC(COC(=O)CCCCCCCCCCCCC)OC(=O)CCCCC\C=C/C=C\C=C/C=C\CC. The number of rotatable bonds is 38. The maximum absolute atomic E-state index is 12.7. The van der Waals surface area contributed by atoms with Crippen LogP contribution in [-0.4, -0.2) is 37.2 Å². The predicted molar refractivity (Wildman–Crippen MR) is 242 cm³/mol. The molecule has 320 valence electrons. The molecule has 0 rings (SSSR count). The summed E-state index contributed by atoms with van der Waals surface area (Å²) in [6.07, 6.45) is 59.2. The molecule has 0 saturated heterocycles. The molecule has 1 unspecified atom stereocenters. The topological polar surface area (TPSA) is 78.9 Å². The molecule has 0 aromatic carbocycles. The van der Waals surface area contributed by atoms with Crippen molar-refractivity contribution in [2.75, 3.05) is 13.2 Å². The van der Waals surface area contributed by atoms with Gasteiger partial charge in [0.25, 0.3) is 0 Å². The van der Waals surface area contributed by atoms with Crippen molar-refractivity contribution < 1.29 is 28.6 Å². The van der Waals surface area contributed by atoms with Crippen molar-refractivity contribution in [1.29, 1.82) is 0 Å². The second-order valence-electron chi connectivity index (χ2n) is 14.4. The maximum atomic E-state index is 12.7. The van der Waals surface area contributed by atoms with Crippen LogP contribution in [0.1, 0.15) is 175 Å². The lowest BCUT2D eigenvalue weighted by molar-refractivity contribution is -0.167. The molecular weight excluding hydrogens is 709 g/mol. The van der Waals surface area contributed by atoms with Gasteiger partial charge in [-0.05, 0) is 57.8 Å². The highest BCUT2D eigenvalue weighted by atomic mass is 16.6. The molecule has 0 aliphatic heterocycles. The zero-order valence-corrected chi connectivity index (χ0v) is 36.3. The third-order valence-corrected chi connectivity index (χ3v) is 9.00. The van der Waals surface area contributed by atoms with Crippen LogP contribution in [-0.2, 0) is 28.6 Å². The molecule has 0 radical (unpaired) electrons. The van der Waals surface area contributed by atoms with E-state index in [0.717, 1.165) is 77.0 Å². The Hall–Kier alpha value is -3.93. The van der Waals surface area contributed by atoms with Gasteiger partial charge < -0.3 is 14.2 Å². The van der Waals surface area contributed by atoms with E-state index in [-0.39, 0.29) is 37.5 Å². The molecule has 0 saturated carbocycles. The van der Waals surface area contributed by atoms with Crippen LogP contribution in [0.5, 0.6) is 0 Å². The Morgan fingerprint density at radius 3 is 1.07 bits per heavy atom. The average molecular weight is 789 g/mol. The zero-order chi connectivity index (χ0) is 41.5. The van der Waals surface area contributed by atoms with Gasteiger partial charge in [-0.15, -0.1) is 0 Å². The number of carbonyl (C=O) groups excluding carboxylic acids is 3. The summed E-state index contributed by atoms with van der Waals surface area (Å²) in [5.74, 6) is -1.00. The van der Waals surface area contributed by atoms with Crippen molar-refractivity contribution >= 4 is 17.9 Å². The summed E-state index contributed by atoms with van der Waals surface area (Å²) in [5.41, 5.74) is 0. The first kappa shape index (κ1) is 53.1. The molecule has 0 aliphatic rings. The van der Waals surface area contributed by atoms with Gasteiger partial charge in [0.05, 0.1) is 0 Å². The van der Waals surface area contributed by atoms with E-state index in [9.17, 15) is 14.4 Å². The predicted octanol–water partition coefficient (Wildman–Crippen LogP) is 14.4. The first-order valence-corrected chi connectivity index (χ1v) is 22.5. The number of allylic oxidation sites excluding steroid dienone is 18. The Labute approximate surface area is 349 Å². The van der Waals surface area contributed by atoms with Gasteiger partial charge in [-0.2, -0.15) is 0 Å². The molecule has 6 heteroatoms. The first-order valence-electron chi connectivity index (χ1n) is 22.5. The third-order valence-electron chi connectivity index (χ3n) is 9.00. The summed E-state index contributed by atoms with van der Waals surface area (Å²) in [4.78, 5) is 37.7. The number of carbonyl (C=O) groups is 3. The standard InChI is InChI=1S/C51H80O6/c1-4-7-10-13-16-19-22-24-25-27-29-32-35-38-41-44-50(53)56-47-48(46-55-49(52)43-40-37-34-31-28-21-18-15-12-9-6-3)57-51(54)45-42-39-36-33-30-26-23-20-17-14-11-8-5-2/h7-8,10-11,13-14,16-17,19-20,22-27,29-30,48H,4-6,9,12,15,18,21,28,31-47H2,1-3H3/b10-7-,11-8-,16-13-,17-14-,22-19-,23-20-,25-24-,29-27-,30-26-. The Kier molecular flexibility index (Phi) is 41.7. The summed E-state index contributed by atoms with van der Waals surface area (Å²) in [6, 6.07) is 0. The molecule has 6 nitrogen and oxygen atoms in total. The van der Waals surface area contributed by atoms with E-state index >= 15 is 0 Å². The van der Waals surface area contributed by atoms with Crippen LogP contribution < -0.4 is 0 Å². The van der Waals surface area contributed by atoms with Crippen LogP contribution in [0, 0.1) is 0 Å². The van der Waals surface area contributed by atoms with Gasteiger partial charge in [-0.1, -0.05) is 207 Å². The quantitative estimate of drug-likeness (QED) is 0.0268. The summed E-state index contributed by atoms with van der Waals surface area (Å²) >= 11 is 0. The minimum Gasteiger partial charge on any atom is -0.462 e. The van der Waals surface area contributed by atoms with Gasteiger partial charge in [-0.25, -0.2) is 0 Å². The molecule has 0 heterocycles. The summed E-state index contributed by atoms with van der Waals surface area (Å²) in [7, 11) is 0.